The fourth-order valence-corrected chi connectivity index (χ4v) is 6.03. The van der Waals surface area contributed by atoms with E-state index < -0.39 is 0 Å². The van der Waals surface area contributed by atoms with Gasteiger partial charge in [-0.05, 0) is 86.7 Å². The summed E-state index contributed by atoms with van der Waals surface area (Å²) in [4.78, 5) is 2.18. The maximum atomic E-state index is 4.37. The van der Waals surface area contributed by atoms with Gasteiger partial charge in [0.05, 0.1) is 22.1 Å². The molecule has 0 bridgehead atoms. The molecule has 0 atom stereocenters. The van der Waals surface area contributed by atoms with Gasteiger partial charge in [0.1, 0.15) is 0 Å². The molecule has 40 heavy (non-hydrogen) atoms. The van der Waals surface area contributed by atoms with Gasteiger partial charge in [0.2, 0.25) is 0 Å². The average molecular weight is 585 g/mol. The lowest BCUT2D eigenvalue weighted by atomic mass is 10.1. The summed E-state index contributed by atoms with van der Waals surface area (Å²) in [5, 5.41) is 2.38. The van der Waals surface area contributed by atoms with Gasteiger partial charge in [0, 0.05) is 43.7 Å². The molecule has 0 fully saturated rings. The van der Waals surface area contributed by atoms with Gasteiger partial charge in [-0.2, -0.15) is 0 Å². The van der Waals surface area contributed by atoms with E-state index in [4.69, 9.17) is 0 Å². The van der Waals surface area contributed by atoms with Crippen LogP contribution in [0.25, 0.3) is 44.2 Å². The van der Waals surface area contributed by atoms with E-state index in [1.165, 1.54) is 21.8 Å². The van der Waals surface area contributed by atoms with E-state index in [0.717, 1.165) is 44.0 Å². The molecule has 0 saturated heterocycles. The Hall–Kier alpha value is -4.54. The SMILES string of the molecule is C=C/C=C(\C)N(C(=C)/C=C\C)c1ccc2c(c1)n(-c1ccccc1)c1c3ccc(Br)cc3n(-c3ccccc3)c21. The zero-order chi connectivity index (χ0) is 27.8. The van der Waals surface area contributed by atoms with Gasteiger partial charge in [-0.25, -0.2) is 0 Å². The molecule has 196 valence electrons. The first-order valence-electron chi connectivity index (χ1n) is 13.3. The number of halogens is 1. The van der Waals surface area contributed by atoms with Crippen LogP contribution in [0.4, 0.5) is 5.69 Å². The third-order valence-electron chi connectivity index (χ3n) is 7.25. The van der Waals surface area contributed by atoms with E-state index >= 15 is 0 Å². The fraction of sp³-hybridized carbons (Fsp3) is 0.0556. The highest BCUT2D eigenvalue weighted by molar-refractivity contribution is 9.10. The van der Waals surface area contributed by atoms with Crippen molar-refractivity contribution in [3.63, 3.8) is 0 Å². The molecule has 0 aliphatic heterocycles. The third kappa shape index (κ3) is 4.21. The van der Waals surface area contributed by atoms with Crippen LogP contribution in [-0.2, 0) is 0 Å². The van der Waals surface area contributed by atoms with Gasteiger partial charge in [0.15, 0.2) is 0 Å². The Bertz CT molecular complexity index is 1950. The summed E-state index contributed by atoms with van der Waals surface area (Å²) in [5.41, 5.74) is 9.89. The predicted molar refractivity (Wildman–Crippen MR) is 176 cm³/mol. The van der Waals surface area contributed by atoms with Crippen molar-refractivity contribution in [1.82, 2.24) is 9.13 Å². The minimum atomic E-state index is 0.893. The van der Waals surface area contributed by atoms with Crippen molar-refractivity contribution >= 4 is 54.5 Å². The smallest absolute Gasteiger partial charge is 0.0803 e. The summed E-state index contributed by atoms with van der Waals surface area (Å²) >= 11 is 3.72. The van der Waals surface area contributed by atoms with Crippen molar-refractivity contribution in [3.8, 4) is 11.4 Å². The maximum absolute atomic E-state index is 4.37. The first-order valence-corrected chi connectivity index (χ1v) is 14.1. The number of aromatic nitrogens is 2. The molecule has 0 unspecified atom stereocenters. The lowest BCUT2D eigenvalue weighted by Gasteiger charge is -2.26. The normalized spacial score (nSPS) is 12.1. The van der Waals surface area contributed by atoms with Crippen molar-refractivity contribution in [3.05, 3.63) is 150 Å². The van der Waals surface area contributed by atoms with Crippen LogP contribution in [0.5, 0.6) is 0 Å². The summed E-state index contributed by atoms with van der Waals surface area (Å²) in [7, 11) is 0. The molecule has 4 heteroatoms. The summed E-state index contributed by atoms with van der Waals surface area (Å²) in [5.74, 6) is 0. The van der Waals surface area contributed by atoms with Crippen LogP contribution in [0.3, 0.4) is 0 Å². The van der Waals surface area contributed by atoms with Crippen LogP contribution < -0.4 is 4.90 Å². The third-order valence-corrected chi connectivity index (χ3v) is 7.74. The molecule has 6 aromatic rings. The molecule has 0 spiro atoms. The second kappa shape index (κ2) is 10.6. The minimum Gasteiger partial charge on any atom is -0.315 e. The average Bonchev–Trinajstić information content (AvgIpc) is 3.46. The van der Waals surface area contributed by atoms with Crippen LogP contribution >= 0.6 is 15.9 Å². The Morgan fingerprint density at radius 3 is 1.88 bits per heavy atom. The summed E-state index contributed by atoms with van der Waals surface area (Å²) in [6, 6.07) is 34.5. The molecular weight excluding hydrogens is 554 g/mol. The quantitative estimate of drug-likeness (QED) is 0.170. The largest absolute Gasteiger partial charge is 0.315 e. The predicted octanol–water partition coefficient (Wildman–Crippen LogP) is 10.5. The highest BCUT2D eigenvalue weighted by Gasteiger charge is 2.23. The number of rotatable bonds is 7. The number of fused-ring (bicyclic) bond motifs is 5. The number of anilines is 1. The molecule has 0 aliphatic rings. The summed E-state index contributed by atoms with van der Waals surface area (Å²) < 4.78 is 5.83. The number of allylic oxidation sites excluding steroid dienone is 5. The topological polar surface area (TPSA) is 13.1 Å². The van der Waals surface area contributed by atoms with Crippen LogP contribution in [-0.4, -0.2) is 9.13 Å². The number of nitrogens with zero attached hydrogens (tertiary/aromatic N) is 3. The minimum absolute atomic E-state index is 0.893. The van der Waals surface area contributed by atoms with E-state index in [1.807, 2.05) is 31.2 Å². The first kappa shape index (κ1) is 25.7. The zero-order valence-electron chi connectivity index (χ0n) is 22.7. The second-order valence-corrected chi connectivity index (χ2v) is 10.7. The van der Waals surface area contributed by atoms with Crippen LogP contribution in [0.2, 0.25) is 0 Å². The van der Waals surface area contributed by atoms with Gasteiger partial charge in [-0.15, -0.1) is 0 Å². The number of para-hydroxylation sites is 2. The fourth-order valence-electron chi connectivity index (χ4n) is 5.68. The molecule has 0 N–H and O–H groups in total. The van der Waals surface area contributed by atoms with Gasteiger partial charge in [-0.3, -0.25) is 0 Å². The van der Waals surface area contributed by atoms with Gasteiger partial charge >= 0.3 is 0 Å². The highest BCUT2D eigenvalue weighted by Crippen LogP contribution is 2.42. The van der Waals surface area contributed by atoms with E-state index in [1.54, 1.807) is 0 Å². The van der Waals surface area contributed by atoms with E-state index in [2.05, 4.69) is 147 Å². The van der Waals surface area contributed by atoms with Gasteiger partial charge in [-0.1, -0.05) is 77.6 Å². The molecule has 0 amide bonds. The first-order chi connectivity index (χ1) is 19.5. The lowest BCUT2D eigenvalue weighted by molar-refractivity contribution is 1.10. The second-order valence-electron chi connectivity index (χ2n) is 9.77. The van der Waals surface area contributed by atoms with Gasteiger partial charge < -0.3 is 14.0 Å². The van der Waals surface area contributed by atoms with Gasteiger partial charge in [0.25, 0.3) is 0 Å². The molecule has 2 heterocycles. The van der Waals surface area contributed by atoms with Crippen molar-refractivity contribution in [2.24, 2.45) is 0 Å². The number of hydrogen-bond donors (Lipinski definition) is 0. The molecular formula is C36H30BrN3. The molecule has 3 nitrogen and oxygen atoms in total. The number of hydrogen-bond acceptors (Lipinski definition) is 1. The summed E-state index contributed by atoms with van der Waals surface area (Å²) in [6.45, 7) is 12.4. The molecule has 6 rings (SSSR count). The molecule has 2 aromatic heterocycles. The van der Waals surface area contributed by atoms with Crippen LogP contribution in [0.1, 0.15) is 13.8 Å². The van der Waals surface area contributed by atoms with E-state index in [0.29, 0.717) is 0 Å². The molecule has 0 saturated carbocycles. The van der Waals surface area contributed by atoms with Crippen molar-refractivity contribution in [2.75, 3.05) is 4.90 Å². The van der Waals surface area contributed by atoms with Crippen LogP contribution in [0.15, 0.2) is 150 Å². The molecule has 0 radical (unpaired) electrons. The van der Waals surface area contributed by atoms with Crippen molar-refractivity contribution < 1.29 is 0 Å². The number of benzene rings is 4. The van der Waals surface area contributed by atoms with E-state index in [-0.39, 0.29) is 0 Å². The van der Waals surface area contributed by atoms with Crippen molar-refractivity contribution in [1.29, 1.82) is 0 Å². The Labute approximate surface area is 243 Å². The molecule has 0 aliphatic carbocycles. The Balaban J connectivity index is 1.78. The lowest BCUT2D eigenvalue weighted by Crippen LogP contribution is -2.18. The van der Waals surface area contributed by atoms with E-state index in [9.17, 15) is 0 Å². The zero-order valence-corrected chi connectivity index (χ0v) is 24.3. The Morgan fingerprint density at radius 2 is 1.32 bits per heavy atom. The Kier molecular flexibility index (Phi) is 6.79. The standard InChI is InChI=1S/C36H30BrN3/c1-5-13-25(3)38(26(4)14-6-2)30-20-22-32-34(24-30)40(29-17-11-8-12-18-29)35-31-21-19-27(37)23-33(31)39(36(32)35)28-15-9-7-10-16-28/h5-24H,1,4H2,2-3H3/b14-6-,25-13+. The van der Waals surface area contributed by atoms with Crippen molar-refractivity contribution in [2.45, 2.75) is 13.8 Å². The highest BCUT2D eigenvalue weighted by atomic mass is 79.9. The molecule has 4 aromatic carbocycles. The maximum Gasteiger partial charge on any atom is 0.0803 e. The summed E-state index contributed by atoms with van der Waals surface area (Å²) in [6.07, 6.45) is 7.88. The van der Waals surface area contributed by atoms with Crippen LogP contribution in [0, 0.1) is 0 Å². The monoisotopic (exact) mass is 583 g/mol. The Morgan fingerprint density at radius 1 is 0.775 bits per heavy atom.